The summed E-state index contributed by atoms with van der Waals surface area (Å²) in [6.45, 7) is 7.00. The van der Waals surface area contributed by atoms with E-state index in [9.17, 15) is 13.2 Å². The minimum atomic E-state index is -3.79. The number of carbonyl (C=O) groups is 1. The van der Waals surface area contributed by atoms with Gasteiger partial charge in [-0.1, -0.05) is 19.1 Å². The summed E-state index contributed by atoms with van der Waals surface area (Å²) in [5.74, 6) is -0.514. The molecule has 3 N–H and O–H groups in total. The number of carbonyl (C=O) groups excluding carboxylic acids is 1. The molecule has 5 nitrogen and oxygen atoms in total. The van der Waals surface area contributed by atoms with Gasteiger partial charge in [0.1, 0.15) is 5.25 Å². The summed E-state index contributed by atoms with van der Waals surface area (Å²) < 4.78 is 24.9. The quantitative estimate of drug-likeness (QED) is 0.810. The summed E-state index contributed by atoms with van der Waals surface area (Å²) in [5.41, 5.74) is 5.40. The first-order valence-electron chi connectivity index (χ1n) is 6.52. The van der Waals surface area contributed by atoms with Crippen molar-refractivity contribution in [3.8, 4) is 0 Å². The Labute approximate surface area is 120 Å². The van der Waals surface area contributed by atoms with Crippen molar-refractivity contribution in [2.24, 2.45) is 0 Å². The second-order valence-corrected chi connectivity index (χ2v) is 7.69. The third-order valence-corrected chi connectivity index (χ3v) is 5.54. The Hall–Kier alpha value is -1.56. The first kappa shape index (κ1) is 16.5. The van der Waals surface area contributed by atoms with Crippen molar-refractivity contribution < 1.29 is 13.2 Å². The van der Waals surface area contributed by atoms with E-state index in [4.69, 9.17) is 5.73 Å². The molecule has 1 rings (SSSR count). The maximum absolute atomic E-state index is 12.4. The molecule has 0 spiro atoms. The summed E-state index contributed by atoms with van der Waals surface area (Å²) in [7, 11) is -3.79. The van der Waals surface area contributed by atoms with Crippen LogP contribution in [0.15, 0.2) is 29.2 Å². The SMILES string of the molecule is CCC(C)(C)NC(=O)C(C)S(=O)(=O)c1ccccc1N. The van der Waals surface area contributed by atoms with Crippen LogP contribution in [0.1, 0.15) is 34.1 Å². The lowest BCUT2D eigenvalue weighted by Gasteiger charge is -2.26. The number of nitrogens with two attached hydrogens (primary N) is 1. The number of para-hydroxylation sites is 1. The van der Waals surface area contributed by atoms with Crippen molar-refractivity contribution in [2.45, 2.75) is 49.8 Å². The van der Waals surface area contributed by atoms with Crippen LogP contribution in [0.4, 0.5) is 5.69 Å². The topological polar surface area (TPSA) is 89.3 Å². The molecule has 0 heterocycles. The Balaban J connectivity index is 3.05. The maximum atomic E-state index is 12.4. The van der Waals surface area contributed by atoms with E-state index in [1.807, 2.05) is 20.8 Å². The van der Waals surface area contributed by atoms with Gasteiger partial charge in [0, 0.05) is 5.54 Å². The Kier molecular flexibility index (Phi) is 4.81. The first-order chi connectivity index (χ1) is 9.12. The van der Waals surface area contributed by atoms with Gasteiger partial charge in [0.15, 0.2) is 9.84 Å². The molecule has 1 aromatic rings. The fourth-order valence-electron chi connectivity index (χ4n) is 1.59. The molecule has 1 atom stereocenters. The molecule has 112 valence electrons. The van der Waals surface area contributed by atoms with E-state index in [-0.39, 0.29) is 10.6 Å². The molecule has 0 radical (unpaired) electrons. The average molecular weight is 298 g/mol. The third kappa shape index (κ3) is 3.50. The van der Waals surface area contributed by atoms with Crippen LogP contribution in [0, 0.1) is 0 Å². The highest BCUT2D eigenvalue weighted by Gasteiger charge is 2.33. The summed E-state index contributed by atoms with van der Waals surface area (Å²) >= 11 is 0. The van der Waals surface area contributed by atoms with Crippen LogP contribution < -0.4 is 11.1 Å². The standard InChI is InChI=1S/C14H22N2O3S/c1-5-14(3,4)16-13(17)10(2)20(18,19)12-9-7-6-8-11(12)15/h6-10H,5,15H2,1-4H3,(H,16,17). The van der Waals surface area contributed by atoms with Crippen molar-refractivity contribution in [1.29, 1.82) is 0 Å². The van der Waals surface area contributed by atoms with E-state index in [0.717, 1.165) is 0 Å². The Bertz CT molecular complexity index is 594. The van der Waals surface area contributed by atoms with Gasteiger partial charge < -0.3 is 11.1 Å². The lowest BCUT2D eigenvalue weighted by molar-refractivity contribution is -0.122. The second-order valence-electron chi connectivity index (χ2n) is 5.45. The zero-order valence-electron chi connectivity index (χ0n) is 12.3. The van der Waals surface area contributed by atoms with Gasteiger partial charge in [-0.05, 0) is 39.3 Å². The van der Waals surface area contributed by atoms with Crippen molar-refractivity contribution in [2.75, 3.05) is 5.73 Å². The van der Waals surface area contributed by atoms with Crippen LogP contribution in [-0.2, 0) is 14.6 Å². The van der Waals surface area contributed by atoms with Gasteiger partial charge in [-0.15, -0.1) is 0 Å². The Morgan fingerprint density at radius 1 is 1.35 bits per heavy atom. The van der Waals surface area contributed by atoms with Gasteiger partial charge in [-0.25, -0.2) is 8.42 Å². The smallest absolute Gasteiger partial charge is 0.238 e. The molecule has 1 amide bonds. The highest BCUT2D eigenvalue weighted by atomic mass is 32.2. The van der Waals surface area contributed by atoms with E-state index >= 15 is 0 Å². The second kappa shape index (κ2) is 5.83. The van der Waals surface area contributed by atoms with E-state index in [2.05, 4.69) is 5.32 Å². The van der Waals surface area contributed by atoms with Crippen LogP contribution in [0.2, 0.25) is 0 Å². The van der Waals surface area contributed by atoms with E-state index in [1.54, 1.807) is 12.1 Å². The maximum Gasteiger partial charge on any atom is 0.238 e. The van der Waals surface area contributed by atoms with Crippen molar-refractivity contribution >= 4 is 21.4 Å². The molecule has 0 saturated heterocycles. The molecule has 1 unspecified atom stereocenters. The fourth-order valence-corrected chi connectivity index (χ4v) is 2.98. The van der Waals surface area contributed by atoms with Crippen LogP contribution in [0.25, 0.3) is 0 Å². The van der Waals surface area contributed by atoms with Crippen LogP contribution in [0.5, 0.6) is 0 Å². The van der Waals surface area contributed by atoms with Gasteiger partial charge in [-0.2, -0.15) is 0 Å². The number of anilines is 1. The number of sulfone groups is 1. The highest BCUT2D eigenvalue weighted by molar-refractivity contribution is 7.93. The zero-order chi connectivity index (χ0) is 15.6. The molecule has 0 aliphatic heterocycles. The lowest BCUT2D eigenvalue weighted by Crippen LogP contribution is -2.48. The molecule has 0 saturated carbocycles. The van der Waals surface area contributed by atoms with Gasteiger partial charge in [-0.3, -0.25) is 4.79 Å². The number of hydrogen-bond acceptors (Lipinski definition) is 4. The molecule has 0 aliphatic rings. The molecule has 6 heteroatoms. The number of hydrogen-bond donors (Lipinski definition) is 2. The number of amides is 1. The van der Waals surface area contributed by atoms with Crippen LogP contribution in [0.3, 0.4) is 0 Å². The number of rotatable bonds is 5. The monoisotopic (exact) mass is 298 g/mol. The van der Waals surface area contributed by atoms with Crippen molar-refractivity contribution in [1.82, 2.24) is 5.32 Å². The van der Waals surface area contributed by atoms with Gasteiger partial charge in [0.2, 0.25) is 5.91 Å². The Morgan fingerprint density at radius 2 is 1.90 bits per heavy atom. The zero-order valence-corrected chi connectivity index (χ0v) is 13.1. The third-order valence-electron chi connectivity index (χ3n) is 3.41. The molecule has 1 aromatic carbocycles. The van der Waals surface area contributed by atoms with E-state index < -0.39 is 26.5 Å². The molecule has 0 aliphatic carbocycles. The number of nitrogen functional groups attached to an aromatic ring is 1. The fraction of sp³-hybridized carbons (Fsp3) is 0.500. The lowest BCUT2D eigenvalue weighted by atomic mass is 10.0. The van der Waals surface area contributed by atoms with Crippen LogP contribution >= 0.6 is 0 Å². The molecule has 0 bridgehead atoms. The Morgan fingerprint density at radius 3 is 2.40 bits per heavy atom. The molecule has 20 heavy (non-hydrogen) atoms. The predicted molar refractivity (Wildman–Crippen MR) is 80.0 cm³/mol. The first-order valence-corrected chi connectivity index (χ1v) is 8.07. The van der Waals surface area contributed by atoms with Gasteiger partial charge in [0.05, 0.1) is 10.6 Å². The number of benzene rings is 1. The number of nitrogens with one attached hydrogen (secondary N) is 1. The molecular formula is C14H22N2O3S. The normalized spacial score (nSPS) is 13.8. The molecule has 0 fully saturated rings. The van der Waals surface area contributed by atoms with E-state index in [1.165, 1.54) is 19.1 Å². The predicted octanol–water partition coefficient (Wildman–Crippen LogP) is 1.74. The molecule has 0 aromatic heterocycles. The van der Waals surface area contributed by atoms with Crippen LogP contribution in [-0.4, -0.2) is 25.1 Å². The van der Waals surface area contributed by atoms with Gasteiger partial charge in [0.25, 0.3) is 0 Å². The van der Waals surface area contributed by atoms with E-state index in [0.29, 0.717) is 6.42 Å². The summed E-state index contributed by atoms with van der Waals surface area (Å²) in [4.78, 5) is 12.1. The van der Waals surface area contributed by atoms with Crippen molar-refractivity contribution in [3.05, 3.63) is 24.3 Å². The van der Waals surface area contributed by atoms with Gasteiger partial charge >= 0.3 is 0 Å². The summed E-state index contributed by atoms with van der Waals surface area (Å²) in [6.07, 6.45) is 0.707. The van der Waals surface area contributed by atoms with Crippen molar-refractivity contribution in [3.63, 3.8) is 0 Å². The molecular weight excluding hydrogens is 276 g/mol. The summed E-state index contributed by atoms with van der Waals surface area (Å²) in [5, 5.41) is 1.56. The minimum absolute atomic E-state index is 0.00282. The summed E-state index contributed by atoms with van der Waals surface area (Å²) in [6, 6.07) is 6.16. The average Bonchev–Trinajstić information content (AvgIpc) is 2.37. The highest BCUT2D eigenvalue weighted by Crippen LogP contribution is 2.22. The largest absolute Gasteiger partial charge is 0.398 e. The minimum Gasteiger partial charge on any atom is -0.398 e.